The maximum Gasteiger partial charge on any atom is 0.325 e. The number of nitrogens with zero attached hydrogens (tertiary/aromatic N) is 2. The molecule has 1 aliphatic heterocycles. The van der Waals surface area contributed by atoms with Gasteiger partial charge in [0.15, 0.2) is 0 Å². The van der Waals surface area contributed by atoms with Gasteiger partial charge >= 0.3 is 5.97 Å². The Morgan fingerprint density at radius 2 is 2.08 bits per heavy atom. The van der Waals surface area contributed by atoms with Crippen molar-refractivity contribution in [2.45, 2.75) is 11.8 Å². The maximum absolute atomic E-state index is 12.7. The van der Waals surface area contributed by atoms with Gasteiger partial charge in [0.1, 0.15) is 13.1 Å². The SMILES string of the molecule is CCOC(=O)CN(CCOC)C(=O)CN1C(=O)CSc2ccccc21. The molecule has 1 aromatic carbocycles. The highest BCUT2D eigenvalue weighted by atomic mass is 32.2. The van der Waals surface area contributed by atoms with Crippen LogP contribution in [0.4, 0.5) is 5.69 Å². The van der Waals surface area contributed by atoms with Crippen LogP contribution in [0.15, 0.2) is 29.2 Å². The number of fused-ring (bicyclic) bond motifs is 1. The number of methoxy groups -OCH3 is 1. The molecule has 2 amide bonds. The van der Waals surface area contributed by atoms with Crippen molar-refractivity contribution in [2.75, 3.05) is 50.6 Å². The van der Waals surface area contributed by atoms with E-state index in [4.69, 9.17) is 9.47 Å². The van der Waals surface area contributed by atoms with Crippen LogP contribution in [0.25, 0.3) is 0 Å². The predicted octanol–water partition coefficient (Wildman–Crippen LogP) is 1.16. The van der Waals surface area contributed by atoms with Crippen molar-refractivity contribution < 1.29 is 23.9 Å². The van der Waals surface area contributed by atoms with Crippen molar-refractivity contribution in [3.05, 3.63) is 24.3 Å². The lowest BCUT2D eigenvalue weighted by Gasteiger charge is -2.30. The first-order valence-electron chi connectivity index (χ1n) is 8.01. The minimum Gasteiger partial charge on any atom is -0.465 e. The third kappa shape index (κ3) is 5.20. The monoisotopic (exact) mass is 366 g/mol. The quantitative estimate of drug-likeness (QED) is 0.643. The Balaban J connectivity index is 2.11. The van der Waals surface area contributed by atoms with Crippen LogP contribution in [0.3, 0.4) is 0 Å². The number of hydrogen-bond acceptors (Lipinski definition) is 6. The van der Waals surface area contributed by atoms with E-state index in [1.807, 2.05) is 24.3 Å². The second-order valence-corrected chi connectivity index (χ2v) is 6.37. The van der Waals surface area contributed by atoms with E-state index in [0.29, 0.717) is 12.4 Å². The number of amides is 2. The molecule has 0 atom stereocenters. The number of hydrogen-bond donors (Lipinski definition) is 0. The number of rotatable bonds is 8. The van der Waals surface area contributed by atoms with Crippen LogP contribution in [0, 0.1) is 0 Å². The Morgan fingerprint density at radius 3 is 2.80 bits per heavy atom. The van der Waals surface area contributed by atoms with E-state index in [2.05, 4.69) is 0 Å². The number of para-hydroxylation sites is 1. The number of ether oxygens (including phenoxy) is 2. The molecule has 0 saturated carbocycles. The molecule has 0 unspecified atom stereocenters. The molecule has 0 spiro atoms. The highest BCUT2D eigenvalue weighted by molar-refractivity contribution is 8.00. The van der Waals surface area contributed by atoms with E-state index < -0.39 is 5.97 Å². The van der Waals surface area contributed by atoms with Crippen molar-refractivity contribution >= 4 is 35.2 Å². The van der Waals surface area contributed by atoms with E-state index in [1.54, 1.807) is 6.92 Å². The Kier molecular flexibility index (Phi) is 7.27. The van der Waals surface area contributed by atoms with Crippen LogP contribution in [0.2, 0.25) is 0 Å². The summed E-state index contributed by atoms with van der Waals surface area (Å²) in [5.41, 5.74) is 0.722. The number of anilines is 1. The number of esters is 1. The van der Waals surface area contributed by atoms with Crippen LogP contribution in [0.5, 0.6) is 0 Å². The maximum atomic E-state index is 12.7. The fourth-order valence-electron chi connectivity index (χ4n) is 2.42. The predicted molar refractivity (Wildman–Crippen MR) is 94.6 cm³/mol. The molecule has 136 valence electrons. The van der Waals surface area contributed by atoms with Crippen molar-refractivity contribution in [3.8, 4) is 0 Å². The molecule has 25 heavy (non-hydrogen) atoms. The molecular formula is C17H22N2O5S. The normalized spacial score (nSPS) is 13.4. The summed E-state index contributed by atoms with van der Waals surface area (Å²) in [4.78, 5) is 40.5. The fraction of sp³-hybridized carbons (Fsp3) is 0.471. The lowest BCUT2D eigenvalue weighted by atomic mass is 10.2. The molecule has 7 nitrogen and oxygen atoms in total. The van der Waals surface area contributed by atoms with Crippen LogP contribution in [0.1, 0.15) is 6.92 Å². The molecule has 1 aromatic rings. The van der Waals surface area contributed by atoms with Crippen molar-refractivity contribution in [2.24, 2.45) is 0 Å². The van der Waals surface area contributed by atoms with Crippen LogP contribution in [-0.4, -0.2) is 68.4 Å². The van der Waals surface area contributed by atoms with Crippen molar-refractivity contribution in [1.82, 2.24) is 4.90 Å². The van der Waals surface area contributed by atoms with Gasteiger partial charge in [0.25, 0.3) is 0 Å². The number of thioether (sulfide) groups is 1. The summed E-state index contributed by atoms with van der Waals surface area (Å²) in [6.07, 6.45) is 0. The number of benzene rings is 1. The average Bonchev–Trinajstić information content (AvgIpc) is 2.61. The lowest BCUT2D eigenvalue weighted by molar-refractivity contribution is -0.148. The Labute approximate surface area is 151 Å². The van der Waals surface area contributed by atoms with E-state index in [0.717, 1.165) is 10.6 Å². The fourth-order valence-corrected chi connectivity index (χ4v) is 3.35. The third-order valence-corrected chi connectivity index (χ3v) is 4.69. The molecule has 8 heteroatoms. The minimum absolute atomic E-state index is 0.112. The first-order valence-corrected chi connectivity index (χ1v) is 9.00. The zero-order valence-electron chi connectivity index (χ0n) is 14.4. The standard InChI is InChI=1S/C17H22N2O5S/c1-3-24-17(22)11-18(8-9-23-2)15(20)10-19-13-6-4-5-7-14(13)25-12-16(19)21/h4-7H,3,8-12H2,1-2H3. The second-order valence-electron chi connectivity index (χ2n) is 5.35. The van der Waals surface area contributed by atoms with E-state index in [-0.39, 0.29) is 38.1 Å². The van der Waals surface area contributed by atoms with Crippen LogP contribution < -0.4 is 4.90 Å². The summed E-state index contributed by atoms with van der Waals surface area (Å²) in [5.74, 6) is -0.631. The van der Waals surface area contributed by atoms with Gasteiger partial charge in [-0.25, -0.2) is 0 Å². The van der Waals surface area contributed by atoms with E-state index in [1.165, 1.54) is 28.7 Å². The van der Waals surface area contributed by atoms with Gasteiger partial charge in [0.2, 0.25) is 11.8 Å². The van der Waals surface area contributed by atoms with Gasteiger partial charge in [0, 0.05) is 18.6 Å². The highest BCUT2D eigenvalue weighted by Gasteiger charge is 2.28. The first-order chi connectivity index (χ1) is 12.1. The number of carbonyl (C=O) groups is 3. The zero-order valence-corrected chi connectivity index (χ0v) is 15.2. The highest BCUT2D eigenvalue weighted by Crippen LogP contribution is 2.34. The topological polar surface area (TPSA) is 76.2 Å². The smallest absolute Gasteiger partial charge is 0.325 e. The summed E-state index contributed by atoms with van der Waals surface area (Å²) in [6.45, 7) is 2.24. The average molecular weight is 366 g/mol. The van der Waals surface area contributed by atoms with E-state index >= 15 is 0 Å². The van der Waals surface area contributed by atoms with Gasteiger partial charge < -0.3 is 19.3 Å². The molecule has 1 aliphatic rings. The second kappa shape index (κ2) is 9.43. The Bertz CT molecular complexity index is 637. The van der Waals surface area contributed by atoms with Gasteiger partial charge in [-0.3, -0.25) is 14.4 Å². The molecule has 0 saturated heterocycles. The largest absolute Gasteiger partial charge is 0.465 e. The molecule has 0 aliphatic carbocycles. The van der Waals surface area contributed by atoms with Crippen molar-refractivity contribution in [1.29, 1.82) is 0 Å². The summed E-state index contributed by atoms with van der Waals surface area (Å²) in [7, 11) is 1.52. The Morgan fingerprint density at radius 1 is 1.32 bits per heavy atom. The molecule has 2 rings (SSSR count). The molecular weight excluding hydrogens is 344 g/mol. The molecule has 1 heterocycles. The summed E-state index contributed by atoms with van der Waals surface area (Å²) < 4.78 is 9.91. The lowest BCUT2D eigenvalue weighted by Crippen LogP contribution is -2.47. The van der Waals surface area contributed by atoms with E-state index in [9.17, 15) is 14.4 Å². The van der Waals surface area contributed by atoms with Gasteiger partial charge in [-0.05, 0) is 19.1 Å². The Hall–Kier alpha value is -2.06. The van der Waals surface area contributed by atoms with Crippen molar-refractivity contribution in [3.63, 3.8) is 0 Å². The summed E-state index contributed by atoms with van der Waals surface area (Å²) >= 11 is 1.46. The van der Waals surface area contributed by atoms with Crippen LogP contribution in [-0.2, 0) is 23.9 Å². The molecule has 0 N–H and O–H groups in total. The molecule has 0 radical (unpaired) electrons. The summed E-state index contributed by atoms with van der Waals surface area (Å²) in [5, 5.41) is 0. The van der Waals surface area contributed by atoms with Gasteiger partial charge in [-0.1, -0.05) is 12.1 Å². The van der Waals surface area contributed by atoms with Gasteiger partial charge in [0.05, 0.1) is 24.7 Å². The molecule has 0 aromatic heterocycles. The molecule has 0 fully saturated rings. The van der Waals surface area contributed by atoms with Gasteiger partial charge in [-0.15, -0.1) is 11.8 Å². The minimum atomic E-state index is -0.479. The van der Waals surface area contributed by atoms with Gasteiger partial charge in [-0.2, -0.15) is 0 Å². The summed E-state index contributed by atoms with van der Waals surface area (Å²) in [6, 6.07) is 7.47. The zero-order chi connectivity index (χ0) is 18.2. The third-order valence-electron chi connectivity index (χ3n) is 3.64. The number of carbonyl (C=O) groups excluding carboxylic acids is 3. The molecule has 0 bridgehead atoms. The first kappa shape index (κ1) is 19.3. The van der Waals surface area contributed by atoms with Crippen LogP contribution >= 0.6 is 11.8 Å².